The molecular formula is C24H34N6O8. The summed E-state index contributed by atoms with van der Waals surface area (Å²) in [6.07, 6.45) is 0.0183. The van der Waals surface area contributed by atoms with Crippen molar-refractivity contribution in [2.45, 2.75) is 69.1 Å². The van der Waals surface area contributed by atoms with Gasteiger partial charge in [0.25, 0.3) is 0 Å². The second kappa shape index (κ2) is 13.9. The number of carbonyl (C=O) groups excluding carboxylic acids is 5. The summed E-state index contributed by atoms with van der Waals surface area (Å²) >= 11 is 0. The highest BCUT2D eigenvalue weighted by Gasteiger charge is 2.38. The maximum atomic E-state index is 13.3. The molecule has 14 heteroatoms. The molecule has 4 atom stereocenters. The van der Waals surface area contributed by atoms with Crippen molar-refractivity contribution in [1.82, 2.24) is 15.5 Å². The number of aliphatic carboxylic acids is 1. The molecule has 0 aromatic heterocycles. The molecule has 0 radical (unpaired) electrons. The lowest BCUT2D eigenvalue weighted by Gasteiger charge is -2.29. The van der Waals surface area contributed by atoms with E-state index in [2.05, 4.69) is 10.6 Å². The van der Waals surface area contributed by atoms with Gasteiger partial charge in [-0.1, -0.05) is 12.1 Å². The van der Waals surface area contributed by atoms with Gasteiger partial charge < -0.3 is 42.9 Å². The highest BCUT2D eigenvalue weighted by molar-refractivity contribution is 5.94. The van der Waals surface area contributed by atoms with Gasteiger partial charge in [0.1, 0.15) is 23.9 Å². The number of nitrogens with zero attached hydrogens (tertiary/aromatic N) is 1. The van der Waals surface area contributed by atoms with E-state index in [1.807, 2.05) is 0 Å². The molecule has 1 saturated heterocycles. The minimum absolute atomic E-state index is 0.0111. The second-order valence-electron chi connectivity index (χ2n) is 9.14. The van der Waals surface area contributed by atoms with Crippen molar-refractivity contribution >= 4 is 35.5 Å². The van der Waals surface area contributed by atoms with Gasteiger partial charge in [-0.05, 0) is 43.4 Å². The van der Waals surface area contributed by atoms with Crippen molar-refractivity contribution in [2.24, 2.45) is 17.2 Å². The van der Waals surface area contributed by atoms with Crippen LogP contribution in [0.25, 0.3) is 0 Å². The lowest BCUT2D eigenvalue weighted by molar-refractivity contribution is -0.149. The Hall–Kier alpha value is -4.20. The first-order valence-electron chi connectivity index (χ1n) is 12.1. The van der Waals surface area contributed by atoms with Crippen LogP contribution in [0, 0.1) is 0 Å². The summed E-state index contributed by atoms with van der Waals surface area (Å²) in [5.41, 5.74) is 16.7. The highest BCUT2D eigenvalue weighted by Crippen LogP contribution is 2.20. The number of carboxylic acid groups (broad SMARTS) is 1. The molecule has 1 aromatic rings. The number of rotatable bonds is 14. The molecule has 1 aliphatic rings. The number of aromatic hydroxyl groups is 1. The van der Waals surface area contributed by atoms with Crippen molar-refractivity contribution in [3.63, 3.8) is 0 Å². The Kier molecular flexibility index (Phi) is 11.0. The Labute approximate surface area is 218 Å². The summed E-state index contributed by atoms with van der Waals surface area (Å²) in [5.74, 6) is -4.77. The zero-order valence-corrected chi connectivity index (χ0v) is 20.8. The van der Waals surface area contributed by atoms with Crippen LogP contribution in [-0.4, -0.2) is 81.3 Å². The van der Waals surface area contributed by atoms with Crippen LogP contribution in [0.5, 0.6) is 5.75 Å². The van der Waals surface area contributed by atoms with Crippen LogP contribution >= 0.6 is 0 Å². The third kappa shape index (κ3) is 9.03. The van der Waals surface area contributed by atoms with E-state index in [9.17, 15) is 39.0 Å². The summed E-state index contributed by atoms with van der Waals surface area (Å²) in [6, 6.07) is 1.12. The summed E-state index contributed by atoms with van der Waals surface area (Å²) in [6.45, 7) is 0.168. The standard InChI is InChI=1S/C24H34N6O8/c25-15(7-9-19(26)32)21(34)29-17(12-13-3-5-14(31)6-4-13)22(35)28-16(8-10-20(27)33)23(36)30-11-1-2-18(30)24(37)38/h3-6,15-18,31H,1-2,7-12,25H2,(H2,26,32)(H2,27,33)(H,28,35)(H,29,34)(H,37,38). The third-order valence-corrected chi connectivity index (χ3v) is 6.16. The molecule has 1 fully saturated rings. The zero-order chi connectivity index (χ0) is 28.4. The maximum Gasteiger partial charge on any atom is 0.326 e. The predicted octanol–water partition coefficient (Wildman–Crippen LogP) is -2.16. The molecule has 208 valence electrons. The topological polar surface area (TPSA) is 248 Å². The van der Waals surface area contributed by atoms with Crippen molar-refractivity contribution in [3.8, 4) is 5.75 Å². The molecule has 1 aromatic carbocycles. The number of nitrogens with two attached hydrogens (primary N) is 3. The number of hydrogen-bond donors (Lipinski definition) is 7. The zero-order valence-electron chi connectivity index (χ0n) is 20.8. The maximum absolute atomic E-state index is 13.3. The molecule has 0 saturated carbocycles. The number of nitrogens with one attached hydrogen (secondary N) is 2. The molecule has 0 spiro atoms. The summed E-state index contributed by atoms with van der Waals surface area (Å²) in [7, 11) is 0. The SMILES string of the molecule is NC(=O)CCC(N)C(=O)NC(Cc1ccc(O)cc1)C(=O)NC(CCC(N)=O)C(=O)N1CCCC1C(=O)O. The van der Waals surface area contributed by atoms with Crippen molar-refractivity contribution < 1.29 is 39.0 Å². The van der Waals surface area contributed by atoms with Crippen LogP contribution in [0.2, 0.25) is 0 Å². The number of amides is 5. The van der Waals surface area contributed by atoms with E-state index in [0.717, 1.165) is 4.90 Å². The molecule has 4 unspecified atom stereocenters. The monoisotopic (exact) mass is 534 g/mol. The second-order valence-corrected chi connectivity index (χ2v) is 9.14. The average Bonchev–Trinajstić information content (AvgIpc) is 3.35. The van der Waals surface area contributed by atoms with Crippen LogP contribution in [0.3, 0.4) is 0 Å². The molecule has 5 amide bonds. The first kappa shape index (κ1) is 30.0. The lowest BCUT2D eigenvalue weighted by Crippen LogP contribution is -2.57. The number of carbonyl (C=O) groups is 6. The number of phenolic OH excluding ortho intramolecular Hbond substituents is 1. The molecular weight excluding hydrogens is 500 g/mol. The van der Waals surface area contributed by atoms with E-state index in [1.54, 1.807) is 0 Å². The van der Waals surface area contributed by atoms with Crippen molar-refractivity contribution in [3.05, 3.63) is 29.8 Å². The molecule has 0 aliphatic carbocycles. The van der Waals surface area contributed by atoms with Crippen LogP contribution in [0.15, 0.2) is 24.3 Å². The van der Waals surface area contributed by atoms with E-state index in [1.165, 1.54) is 24.3 Å². The molecule has 0 bridgehead atoms. The van der Waals surface area contributed by atoms with Gasteiger partial charge in [0.15, 0.2) is 0 Å². The van der Waals surface area contributed by atoms with Crippen LogP contribution < -0.4 is 27.8 Å². The fourth-order valence-electron chi connectivity index (χ4n) is 4.09. The normalized spacial score (nSPS) is 17.2. The Balaban J connectivity index is 2.25. The van der Waals surface area contributed by atoms with Gasteiger partial charge in [0.2, 0.25) is 29.5 Å². The van der Waals surface area contributed by atoms with Crippen molar-refractivity contribution in [2.75, 3.05) is 6.54 Å². The number of phenols is 1. The fraction of sp³-hybridized carbons (Fsp3) is 0.500. The Morgan fingerprint density at radius 2 is 1.50 bits per heavy atom. The lowest BCUT2D eigenvalue weighted by atomic mass is 10.0. The average molecular weight is 535 g/mol. The van der Waals surface area contributed by atoms with Gasteiger partial charge in [0, 0.05) is 25.8 Å². The fourth-order valence-corrected chi connectivity index (χ4v) is 4.09. The van der Waals surface area contributed by atoms with E-state index >= 15 is 0 Å². The number of likely N-dealkylation sites (tertiary alicyclic amines) is 1. The van der Waals surface area contributed by atoms with Gasteiger partial charge in [-0.15, -0.1) is 0 Å². The van der Waals surface area contributed by atoms with Gasteiger partial charge in [-0.3, -0.25) is 24.0 Å². The smallest absolute Gasteiger partial charge is 0.326 e. The first-order chi connectivity index (χ1) is 17.9. The Bertz CT molecular complexity index is 1050. The molecule has 1 aliphatic heterocycles. The highest BCUT2D eigenvalue weighted by atomic mass is 16.4. The molecule has 14 nitrogen and oxygen atoms in total. The number of benzene rings is 1. The van der Waals surface area contributed by atoms with Crippen molar-refractivity contribution in [1.29, 1.82) is 0 Å². The van der Waals surface area contributed by atoms with E-state index in [-0.39, 0.29) is 50.8 Å². The largest absolute Gasteiger partial charge is 0.508 e. The van der Waals surface area contributed by atoms with Crippen LogP contribution in [0.1, 0.15) is 44.1 Å². The van der Waals surface area contributed by atoms with Gasteiger partial charge in [0.05, 0.1) is 6.04 Å². The van der Waals surface area contributed by atoms with Gasteiger partial charge in [-0.25, -0.2) is 4.79 Å². The minimum Gasteiger partial charge on any atom is -0.508 e. The van der Waals surface area contributed by atoms with Gasteiger partial charge >= 0.3 is 5.97 Å². The van der Waals surface area contributed by atoms with Crippen LogP contribution in [-0.2, 0) is 35.2 Å². The number of hydrogen-bond acceptors (Lipinski definition) is 8. The number of primary amides is 2. The molecule has 38 heavy (non-hydrogen) atoms. The van der Waals surface area contributed by atoms with E-state index in [4.69, 9.17) is 17.2 Å². The molecule has 1 heterocycles. The molecule has 2 rings (SSSR count). The number of carboxylic acids is 1. The Morgan fingerprint density at radius 1 is 0.921 bits per heavy atom. The van der Waals surface area contributed by atoms with Crippen LogP contribution in [0.4, 0.5) is 0 Å². The van der Waals surface area contributed by atoms with Gasteiger partial charge in [-0.2, -0.15) is 0 Å². The predicted molar refractivity (Wildman–Crippen MR) is 133 cm³/mol. The Morgan fingerprint density at radius 3 is 2.08 bits per heavy atom. The quantitative estimate of drug-likeness (QED) is 0.137. The summed E-state index contributed by atoms with van der Waals surface area (Å²) in [5, 5.41) is 24.0. The summed E-state index contributed by atoms with van der Waals surface area (Å²) < 4.78 is 0. The third-order valence-electron chi connectivity index (χ3n) is 6.16. The first-order valence-corrected chi connectivity index (χ1v) is 12.1. The van der Waals surface area contributed by atoms with E-state index < -0.39 is 59.7 Å². The minimum atomic E-state index is -1.28. The summed E-state index contributed by atoms with van der Waals surface area (Å²) in [4.78, 5) is 74.4. The van der Waals surface area contributed by atoms with E-state index in [0.29, 0.717) is 12.0 Å². The molecule has 10 N–H and O–H groups in total.